The van der Waals surface area contributed by atoms with Gasteiger partial charge in [0.1, 0.15) is 5.82 Å². The summed E-state index contributed by atoms with van der Waals surface area (Å²) >= 11 is 0. The molecule has 0 radical (unpaired) electrons. The number of carbonyl (C=O) groups excluding carboxylic acids is 1. The lowest BCUT2D eigenvalue weighted by Gasteiger charge is -2.12. The first-order valence-electron chi connectivity index (χ1n) is 5.42. The van der Waals surface area contributed by atoms with Gasteiger partial charge in [-0.05, 0) is 19.4 Å². The Bertz CT molecular complexity index is 532. The molecule has 1 atom stereocenters. The number of hydrogen-bond acceptors (Lipinski definition) is 3. The fourth-order valence-electron chi connectivity index (χ4n) is 1.46. The topological polar surface area (TPSA) is 72.2 Å². The molecule has 0 heterocycles. The highest BCUT2D eigenvalue weighted by molar-refractivity contribution is 5.94. The zero-order chi connectivity index (χ0) is 14.6. The first-order chi connectivity index (χ1) is 8.86. The Hall–Kier alpha value is -2.31. The Morgan fingerprint density at radius 2 is 2.16 bits per heavy atom. The van der Waals surface area contributed by atoms with Crippen molar-refractivity contribution in [3.8, 4) is 0 Å². The average molecular weight is 270 g/mol. The lowest BCUT2D eigenvalue weighted by molar-refractivity contribution is -0.387. The van der Waals surface area contributed by atoms with E-state index >= 15 is 0 Å². The van der Waals surface area contributed by atoms with Gasteiger partial charge in [-0.3, -0.25) is 14.9 Å². The van der Waals surface area contributed by atoms with Crippen LogP contribution in [0.5, 0.6) is 0 Å². The number of carbonyl (C=O) groups is 1. The van der Waals surface area contributed by atoms with Gasteiger partial charge in [0, 0.05) is 6.04 Å². The van der Waals surface area contributed by atoms with Gasteiger partial charge in [-0.2, -0.15) is 4.39 Å². The van der Waals surface area contributed by atoms with Crippen LogP contribution in [-0.2, 0) is 0 Å². The maximum Gasteiger partial charge on any atom is 0.307 e. The molecule has 0 aromatic heterocycles. The van der Waals surface area contributed by atoms with Crippen LogP contribution in [0, 0.1) is 21.7 Å². The summed E-state index contributed by atoms with van der Waals surface area (Å²) in [5, 5.41) is 12.8. The first-order valence-corrected chi connectivity index (χ1v) is 5.42. The molecule has 0 fully saturated rings. The van der Waals surface area contributed by atoms with Gasteiger partial charge in [-0.1, -0.05) is 6.08 Å². The zero-order valence-electron chi connectivity index (χ0n) is 10.2. The van der Waals surface area contributed by atoms with Crippen LogP contribution in [0.15, 0.2) is 24.8 Å². The van der Waals surface area contributed by atoms with Crippen molar-refractivity contribution in [2.45, 2.75) is 19.4 Å². The maximum atomic E-state index is 13.5. The van der Waals surface area contributed by atoms with Crippen molar-refractivity contribution in [3.63, 3.8) is 0 Å². The molecule has 5 nitrogen and oxygen atoms in total. The summed E-state index contributed by atoms with van der Waals surface area (Å²) in [4.78, 5) is 21.0. The van der Waals surface area contributed by atoms with Crippen LogP contribution in [0.1, 0.15) is 23.7 Å². The van der Waals surface area contributed by atoms with E-state index in [2.05, 4.69) is 11.9 Å². The van der Waals surface area contributed by atoms with E-state index < -0.39 is 33.7 Å². The van der Waals surface area contributed by atoms with Gasteiger partial charge >= 0.3 is 5.69 Å². The number of rotatable bonds is 5. The fourth-order valence-corrected chi connectivity index (χ4v) is 1.46. The SMILES string of the molecule is C=CCC(C)NC(=O)c1cc(F)c([N+](=O)[O-])cc1F. The summed E-state index contributed by atoms with van der Waals surface area (Å²) in [6.07, 6.45) is 2.03. The second kappa shape index (κ2) is 6.03. The van der Waals surface area contributed by atoms with Crippen molar-refractivity contribution in [2.75, 3.05) is 0 Å². The second-order valence-electron chi connectivity index (χ2n) is 3.94. The normalized spacial score (nSPS) is 11.7. The van der Waals surface area contributed by atoms with Crippen molar-refractivity contribution in [1.82, 2.24) is 5.32 Å². The van der Waals surface area contributed by atoms with Gasteiger partial charge in [0.25, 0.3) is 5.91 Å². The van der Waals surface area contributed by atoms with E-state index in [0.717, 1.165) is 0 Å². The van der Waals surface area contributed by atoms with Gasteiger partial charge in [0.05, 0.1) is 16.6 Å². The predicted molar refractivity (Wildman–Crippen MR) is 64.8 cm³/mol. The van der Waals surface area contributed by atoms with Crippen LogP contribution in [0.25, 0.3) is 0 Å². The van der Waals surface area contributed by atoms with Crippen LogP contribution < -0.4 is 5.32 Å². The minimum Gasteiger partial charge on any atom is -0.349 e. The largest absolute Gasteiger partial charge is 0.349 e. The Labute approximate surface area is 108 Å². The summed E-state index contributed by atoms with van der Waals surface area (Å²) in [5.41, 5.74) is -1.58. The maximum absolute atomic E-state index is 13.5. The molecule has 0 aliphatic rings. The number of hydrogen-bond donors (Lipinski definition) is 1. The average Bonchev–Trinajstić information content (AvgIpc) is 2.31. The first kappa shape index (κ1) is 14.7. The molecule has 0 bridgehead atoms. The van der Waals surface area contributed by atoms with Crippen LogP contribution in [0.4, 0.5) is 14.5 Å². The van der Waals surface area contributed by atoms with Crippen LogP contribution in [0.3, 0.4) is 0 Å². The fraction of sp³-hybridized carbons (Fsp3) is 0.250. The molecule has 102 valence electrons. The Morgan fingerprint density at radius 1 is 1.53 bits per heavy atom. The zero-order valence-corrected chi connectivity index (χ0v) is 10.2. The molecule has 19 heavy (non-hydrogen) atoms. The van der Waals surface area contributed by atoms with Gasteiger partial charge in [0.15, 0.2) is 0 Å². The van der Waals surface area contributed by atoms with E-state index in [1.165, 1.54) is 0 Å². The van der Waals surface area contributed by atoms with Crippen LogP contribution in [0.2, 0.25) is 0 Å². The molecule has 1 amide bonds. The number of nitrogens with one attached hydrogen (secondary N) is 1. The number of nitro groups is 1. The van der Waals surface area contributed by atoms with Gasteiger partial charge in [0.2, 0.25) is 5.82 Å². The third-order valence-electron chi connectivity index (χ3n) is 2.38. The Kier molecular flexibility index (Phi) is 4.68. The monoisotopic (exact) mass is 270 g/mol. The van der Waals surface area contributed by atoms with E-state index in [1.54, 1.807) is 13.0 Å². The van der Waals surface area contributed by atoms with Crippen molar-refractivity contribution < 1.29 is 18.5 Å². The number of halogens is 2. The Balaban J connectivity index is 3.01. The van der Waals surface area contributed by atoms with Gasteiger partial charge in [-0.25, -0.2) is 4.39 Å². The second-order valence-corrected chi connectivity index (χ2v) is 3.94. The minimum atomic E-state index is -1.26. The molecule has 7 heteroatoms. The quantitative estimate of drug-likeness (QED) is 0.507. The number of amides is 1. The summed E-state index contributed by atoms with van der Waals surface area (Å²) in [7, 11) is 0. The van der Waals surface area contributed by atoms with Crippen molar-refractivity contribution in [1.29, 1.82) is 0 Å². The standard InChI is InChI=1S/C12H12F2N2O3/c1-3-4-7(2)15-12(17)8-5-10(14)11(16(18)19)6-9(8)13/h3,5-7H,1,4H2,2H3,(H,15,17). The number of nitro benzene ring substituents is 1. The molecule has 0 aliphatic heterocycles. The molecule has 1 unspecified atom stereocenters. The molecule has 0 spiro atoms. The van der Waals surface area contributed by atoms with Gasteiger partial charge in [-0.15, -0.1) is 6.58 Å². The third kappa shape index (κ3) is 3.57. The lowest BCUT2D eigenvalue weighted by atomic mass is 10.1. The molecule has 0 saturated carbocycles. The molecule has 1 aromatic carbocycles. The van der Waals surface area contributed by atoms with Crippen LogP contribution in [-0.4, -0.2) is 16.9 Å². The number of benzene rings is 1. The smallest absolute Gasteiger partial charge is 0.307 e. The van der Waals surface area contributed by atoms with E-state index in [0.29, 0.717) is 18.6 Å². The highest BCUT2D eigenvalue weighted by atomic mass is 19.1. The predicted octanol–water partition coefficient (Wildman–Crippen LogP) is 2.57. The van der Waals surface area contributed by atoms with E-state index in [4.69, 9.17) is 0 Å². The van der Waals surface area contributed by atoms with Crippen molar-refractivity contribution in [3.05, 3.63) is 52.1 Å². The van der Waals surface area contributed by atoms with Crippen molar-refractivity contribution >= 4 is 11.6 Å². The summed E-state index contributed by atoms with van der Waals surface area (Å²) in [6.45, 7) is 5.15. The van der Waals surface area contributed by atoms with Crippen LogP contribution >= 0.6 is 0 Å². The summed E-state index contributed by atoms with van der Waals surface area (Å²) in [6, 6.07) is 0.605. The van der Waals surface area contributed by atoms with E-state index in [9.17, 15) is 23.7 Å². The van der Waals surface area contributed by atoms with E-state index in [1.807, 2.05) is 0 Å². The summed E-state index contributed by atoms with van der Waals surface area (Å²) < 4.78 is 26.8. The highest BCUT2D eigenvalue weighted by Crippen LogP contribution is 2.21. The summed E-state index contributed by atoms with van der Waals surface area (Å²) in [5.74, 6) is -3.23. The molecule has 1 rings (SSSR count). The lowest BCUT2D eigenvalue weighted by Crippen LogP contribution is -2.32. The molecule has 0 aliphatic carbocycles. The third-order valence-corrected chi connectivity index (χ3v) is 2.38. The number of nitrogens with zero attached hydrogens (tertiary/aromatic N) is 1. The van der Waals surface area contributed by atoms with Gasteiger partial charge < -0.3 is 5.32 Å². The molecule has 1 aromatic rings. The highest BCUT2D eigenvalue weighted by Gasteiger charge is 2.22. The molecular formula is C12H12F2N2O3. The van der Waals surface area contributed by atoms with E-state index in [-0.39, 0.29) is 6.04 Å². The molecule has 0 saturated heterocycles. The molecule has 1 N–H and O–H groups in total. The molecular weight excluding hydrogens is 258 g/mol. The Morgan fingerprint density at radius 3 is 2.68 bits per heavy atom. The van der Waals surface area contributed by atoms with Crippen molar-refractivity contribution in [2.24, 2.45) is 0 Å². The minimum absolute atomic E-state index is 0.303.